The highest BCUT2D eigenvalue weighted by Gasteiger charge is 2.13. The lowest BCUT2D eigenvalue weighted by molar-refractivity contribution is -0.00468. The first-order chi connectivity index (χ1) is 3.79. The zero-order valence-corrected chi connectivity index (χ0v) is 3.83. The fraction of sp³-hybridized carbons (Fsp3) is 0.250. The van der Waals surface area contributed by atoms with Gasteiger partial charge in [-0.3, -0.25) is 0 Å². The summed E-state index contributed by atoms with van der Waals surface area (Å²) in [6.45, 7) is 0. The lowest BCUT2D eigenvalue weighted by atomic mass is 10.6. The van der Waals surface area contributed by atoms with E-state index in [-0.39, 0.29) is 0 Å². The van der Waals surface area contributed by atoms with Gasteiger partial charge in [-0.05, 0) is 0 Å². The zero-order valence-electron chi connectivity index (χ0n) is 3.83. The molecule has 0 aromatic heterocycles. The molecule has 0 N–H and O–H groups in total. The minimum atomic E-state index is -1.64. The highest BCUT2D eigenvalue weighted by Crippen LogP contribution is 2.04. The molecule has 0 saturated carbocycles. The molecule has 1 heterocycles. The van der Waals surface area contributed by atoms with Crippen LogP contribution < -0.4 is 0 Å². The Hall–Kier alpha value is -1.06. The van der Waals surface area contributed by atoms with Crippen LogP contribution in [0.3, 0.4) is 0 Å². The summed E-state index contributed by atoms with van der Waals surface area (Å²) in [4.78, 5) is 9.94. The minimum absolute atomic E-state index is 0.955. The first-order valence-corrected chi connectivity index (χ1v) is 1.97. The van der Waals surface area contributed by atoms with Crippen LogP contribution in [0.5, 0.6) is 0 Å². The van der Waals surface area contributed by atoms with Crippen molar-refractivity contribution in [3.05, 3.63) is 12.3 Å². The number of hydrogen-bond acceptors (Lipinski definition) is 3. The number of carbonyl (C=O) groups is 1. The normalized spacial score (nSPS) is 26.6. The molecule has 3 nitrogen and oxygen atoms in total. The smallest absolute Gasteiger partial charge is 0.403 e. The second-order valence-corrected chi connectivity index (χ2v) is 1.17. The molecule has 1 aliphatic rings. The maximum Gasteiger partial charge on any atom is 0.516 e. The molecular weight excluding hydrogens is 115 g/mol. The van der Waals surface area contributed by atoms with Crippen molar-refractivity contribution < 1.29 is 18.7 Å². The number of cyclic esters (lactones) is 2. The fourth-order valence-corrected chi connectivity index (χ4v) is 0.316. The maximum atomic E-state index is 11.8. The van der Waals surface area contributed by atoms with E-state index in [0.29, 0.717) is 0 Å². The summed E-state index contributed by atoms with van der Waals surface area (Å²) in [5.74, 6) is 0. The molecule has 0 bridgehead atoms. The first-order valence-electron chi connectivity index (χ1n) is 1.97. The Labute approximate surface area is 44.7 Å². The summed E-state index contributed by atoms with van der Waals surface area (Å²) in [6.07, 6.45) is -0.700. The summed E-state index contributed by atoms with van der Waals surface area (Å²) in [6, 6.07) is 0. The van der Waals surface area contributed by atoms with Gasteiger partial charge in [0.15, 0.2) is 0 Å². The van der Waals surface area contributed by atoms with E-state index in [1.807, 2.05) is 0 Å². The van der Waals surface area contributed by atoms with E-state index in [0.717, 1.165) is 12.3 Å². The Kier molecular flexibility index (Phi) is 1.15. The van der Waals surface area contributed by atoms with Gasteiger partial charge < -0.3 is 9.47 Å². The molecule has 8 heavy (non-hydrogen) atoms. The van der Waals surface area contributed by atoms with Gasteiger partial charge in [-0.15, -0.1) is 0 Å². The third-order valence-electron chi connectivity index (χ3n) is 0.603. The number of carbonyl (C=O) groups excluding carboxylic acids is 1. The number of hydrogen-bond donors (Lipinski definition) is 0. The highest BCUT2D eigenvalue weighted by atomic mass is 19.1. The van der Waals surface area contributed by atoms with Crippen LogP contribution in [0.15, 0.2) is 12.3 Å². The van der Waals surface area contributed by atoms with Gasteiger partial charge in [0.1, 0.15) is 6.26 Å². The number of halogens is 1. The van der Waals surface area contributed by atoms with Crippen molar-refractivity contribution in [2.75, 3.05) is 0 Å². The highest BCUT2D eigenvalue weighted by molar-refractivity contribution is 5.61. The number of rotatable bonds is 0. The van der Waals surface area contributed by atoms with Gasteiger partial charge in [0.2, 0.25) is 0 Å². The summed E-state index contributed by atoms with van der Waals surface area (Å²) in [5, 5.41) is 0. The second kappa shape index (κ2) is 1.81. The van der Waals surface area contributed by atoms with Gasteiger partial charge >= 0.3 is 6.16 Å². The van der Waals surface area contributed by atoms with Crippen LogP contribution >= 0.6 is 0 Å². The number of ether oxygens (including phenoxy) is 2. The van der Waals surface area contributed by atoms with E-state index in [1.54, 1.807) is 0 Å². The Morgan fingerprint density at radius 2 is 2.50 bits per heavy atom. The van der Waals surface area contributed by atoms with Crippen LogP contribution in [-0.2, 0) is 9.47 Å². The molecule has 1 rings (SSSR count). The molecule has 0 aromatic rings. The van der Waals surface area contributed by atoms with E-state index >= 15 is 0 Å². The van der Waals surface area contributed by atoms with Gasteiger partial charge in [0.25, 0.3) is 6.36 Å². The van der Waals surface area contributed by atoms with Crippen molar-refractivity contribution in [2.45, 2.75) is 6.36 Å². The van der Waals surface area contributed by atoms with E-state index in [4.69, 9.17) is 0 Å². The Morgan fingerprint density at radius 1 is 1.75 bits per heavy atom. The van der Waals surface area contributed by atoms with Crippen LogP contribution in [0.25, 0.3) is 0 Å². The van der Waals surface area contributed by atoms with Gasteiger partial charge in [-0.2, -0.15) is 4.39 Å². The summed E-state index contributed by atoms with van der Waals surface area (Å²) >= 11 is 0. The molecule has 0 amide bonds. The Bertz CT molecular complexity index is 131. The predicted molar refractivity (Wildman–Crippen MR) is 21.6 cm³/mol. The minimum Gasteiger partial charge on any atom is -0.403 e. The van der Waals surface area contributed by atoms with Crippen LogP contribution in [-0.4, -0.2) is 12.5 Å². The van der Waals surface area contributed by atoms with Crippen LogP contribution in [0.4, 0.5) is 9.18 Å². The van der Waals surface area contributed by atoms with Crippen LogP contribution in [0, 0.1) is 0 Å². The molecule has 0 saturated heterocycles. The SMILES string of the molecule is O=C1OC=CC(F)O1. The van der Waals surface area contributed by atoms with E-state index in [9.17, 15) is 9.18 Å². The quantitative estimate of drug-likeness (QED) is 0.444. The van der Waals surface area contributed by atoms with E-state index in [1.165, 1.54) is 0 Å². The third-order valence-corrected chi connectivity index (χ3v) is 0.603. The van der Waals surface area contributed by atoms with Crippen LogP contribution in [0.2, 0.25) is 0 Å². The van der Waals surface area contributed by atoms with Crippen molar-refractivity contribution >= 4 is 6.16 Å². The third kappa shape index (κ3) is 0.959. The van der Waals surface area contributed by atoms with Gasteiger partial charge in [0.05, 0.1) is 0 Å². The van der Waals surface area contributed by atoms with Crippen molar-refractivity contribution in [3.8, 4) is 0 Å². The maximum absolute atomic E-state index is 11.8. The second-order valence-electron chi connectivity index (χ2n) is 1.17. The van der Waals surface area contributed by atoms with Gasteiger partial charge in [-0.25, -0.2) is 4.79 Å². The molecular formula is C4H3FO3. The Morgan fingerprint density at radius 3 is 2.88 bits per heavy atom. The molecule has 0 aromatic carbocycles. The number of alkyl halides is 1. The van der Waals surface area contributed by atoms with Crippen molar-refractivity contribution in [2.24, 2.45) is 0 Å². The molecule has 1 aliphatic heterocycles. The average molecular weight is 118 g/mol. The van der Waals surface area contributed by atoms with Crippen LogP contribution in [0.1, 0.15) is 0 Å². The summed E-state index contributed by atoms with van der Waals surface area (Å²) in [5.41, 5.74) is 0. The average Bonchev–Trinajstić information content (AvgIpc) is 1.64. The molecule has 44 valence electrons. The topological polar surface area (TPSA) is 35.5 Å². The molecule has 0 radical (unpaired) electrons. The standard InChI is InChI=1S/C4H3FO3/c5-3-1-2-7-4(6)8-3/h1-3H. The first kappa shape index (κ1) is 5.08. The molecule has 0 spiro atoms. The van der Waals surface area contributed by atoms with Crippen molar-refractivity contribution in [3.63, 3.8) is 0 Å². The lowest BCUT2D eigenvalue weighted by Crippen LogP contribution is -2.14. The van der Waals surface area contributed by atoms with Crippen molar-refractivity contribution in [1.82, 2.24) is 0 Å². The van der Waals surface area contributed by atoms with E-state index < -0.39 is 12.5 Å². The fourth-order valence-electron chi connectivity index (χ4n) is 0.316. The monoisotopic (exact) mass is 118 g/mol. The molecule has 4 heteroatoms. The van der Waals surface area contributed by atoms with Crippen molar-refractivity contribution in [1.29, 1.82) is 0 Å². The summed E-state index contributed by atoms with van der Waals surface area (Å²) < 4.78 is 19.8. The lowest BCUT2D eigenvalue weighted by Gasteiger charge is -2.07. The van der Waals surface area contributed by atoms with E-state index in [2.05, 4.69) is 9.47 Å². The summed E-state index contributed by atoms with van der Waals surface area (Å²) in [7, 11) is 0. The van der Waals surface area contributed by atoms with Gasteiger partial charge in [0, 0.05) is 6.08 Å². The predicted octanol–water partition coefficient (Wildman–Crippen LogP) is 0.962. The Balaban J connectivity index is 2.54. The van der Waals surface area contributed by atoms with Gasteiger partial charge in [-0.1, -0.05) is 0 Å². The molecule has 0 fully saturated rings. The molecule has 0 aliphatic carbocycles. The zero-order chi connectivity index (χ0) is 5.98. The molecule has 1 atom stereocenters. The molecule has 1 unspecified atom stereocenters. The largest absolute Gasteiger partial charge is 0.516 e.